The van der Waals surface area contributed by atoms with Crippen molar-refractivity contribution in [3.63, 3.8) is 0 Å². The molecule has 0 aromatic heterocycles. The van der Waals surface area contributed by atoms with Gasteiger partial charge in [0.05, 0.1) is 15.6 Å². The van der Waals surface area contributed by atoms with Crippen LogP contribution in [0.4, 0.5) is 5.69 Å². The average molecular weight is 358 g/mol. The summed E-state index contributed by atoms with van der Waals surface area (Å²) in [5.74, 6) is 1.06. The van der Waals surface area contributed by atoms with Crippen LogP contribution in [0, 0.1) is 0 Å². The number of carbonyl (C=O) groups is 1. The van der Waals surface area contributed by atoms with E-state index in [-0.39, 0.29) is 11.5 Å². The number of anilines is 1. The van der Waals surface area contributed by atoms with Gasteiger partial charge >= 0.3 is 0 Å². The Labute approximate surface area is 149 Å². The Morgan fingerprint density at radius 3 is 1.96 bits per heavy atom. The fourth-order valence-corrected chi connectivity index (χ4v) is 2.71. The van der Waals surface area contributed by atoms with Gasteiger partial charge in [-0.3, -0.25) is 4.79 Å². The Kier molecular flexibility index (Phi) is 5.04. The van der Waals surface area contributed by atoms with Gasteiger partial charge < -0.3 is 10.1 Å². The minimum Gasteiger partial charge on any atom is -0.457 e. The van der Waals surface area contributed by atoms with Gasteiger partial charge in [0.15, 0.2) is 0 Å². The van der Waals surface area contributed by atoms with E-state index < -0.39 is 0 Å². The van der Waals surface area contributed by atoms with Crippen LogP contribution in [-0.4, -0.2) is 5.91 Å². The zero-order chi connectivity index (χ0) is 16.9. The molecule has 3 rings (SSSR count). The van der Waals surface area contributed by atoms with Gasteiger partial charge in [-0.2, -0.15) is 0 Å². The number of carbonyl (C=O) groups excluding carboxylic acids is 1. The van der Waals surface area contributed by atoms with Crippen LogP contribution >= 0.6 is 23.2 Å². The highest BCUT2D eigenvalue weighted by molar-refractivity contribution is 6.40. The molecule has 0 atom stereocenters. The largest absolute Gasteiger partial charge is 0.457 e. The smallest absolute Gasteiger partial charge is 0.258 e. The van der Waals surface area contributed by atoms with Crippen LogP contribution in [0.1, 0.15) is 10.4 Å². The molecule has 0 aliphatic rings. The van der Waals surface area contributed by atoms with E-state index in [9.17, 15) is 4.79 Å². The molecule has 0 bridgehead atoms. The second kappa shape index (κ2) is 7.39. The standard InChI is InChI=1S/C19H13Cl2NO2/c20-16-7-4-8-17(21)18(16)19(23)22-13-9-11-15(12-10-13)24-14-5-2-1-3-6-14/h1-12H,(H,22,23). The second-order valence-corrected chi connectivity index (χ2v) is 5.80. The fraction of sp³-hybridized carbons (Fsp3) is 0. The first-order valence-electron chi connectivity index (χ1n) is 7.22. The number of rotatable bonds is 4. The van der Waals surface area contributed by atoms with Crippen molar-refractivity contribution in [3.8, 4) is 11.5 Å². The summed E-state index contributed by atoms with van der Waals surface area (Å²) in [5.41, 5.74) is 0.877. The van der Waals surface area contributed by atoms with Gasteiger partial charge in [0.2, 0.25) is 0 Å². The summed E-state index contributed by atoms with van der Waals surface area (Å²) in [4.78, 5) is 12.3. The van der Waals surface area contributed by atoms with Crippen LogP contribution in [-0.2, 0) is 0 Å². The quantitative estimate of drug-likeness (QED) is 0.618. The van der Waals surface area contributed by atoms with Crippen molar-refractivity contribution in [2.45, 2.75) is 0 Å². The van der Waals surface area contributed by atoms with E-state index in [1.165, 1.54) is 0 Å². The highest BCUT2D eigenvalue weighted by Gasteiger charge is 2.14. The molecule has 0 heterocycles. The molecule has 0 fully saturated rings. The van der Waals surface area contributed by atoms with Gasteiger partial charge in [-0.1, -0.05) is 47.5 Å². The molecular weight excluding hydrogens is 345 g/mol. The molecule has 1 N–H and O–H groups in total. The molecule has 5 heteroatoms. The van der Waals surface area contributed by atoms with Crippen molar-refractivity contribution < 1.29 is 9.53 Å². The molecule has 0 spiro atoms. The Hall–Kier alpha value is -2.49. The van der Waals surface area contributed by atoms with Crippen molar-refractivity contribution in [1.29, 1.82) is 0 Å². The normalized spacial score (nSPS) is 10.2. The molecular formula is C19H13Cl2NO2. The maximum atomic E-state index is 12.3. The highest BCUT2D eigenvalue weighted by Crippen LogP contribution is 2.26. The lowest BCUT2D eigenvalue weighted by Crippen LogP contribution is -2.13. The number of hydrogen-bond donors (Lipinski definition) is 1. The molecule has 1 amide bonds. The van der Waals surface area contributed by atoms with E-state index in [1.807, 2.05) is 30.3 Å². The average Bonchev–Trinajstić information content (AvgIpc) is 2.57. The summed E-state index contributed by atoms with van der Waals surface area (Å²) in [6.07, 6.45) is 0. The van der Waals surface area contributed by atoms with E-state index in [1.54, 1.807) is 42.5 Å². The predicted molar refractivity (Wildman–Crippen MR) is 97.4 cm³/mol. The third kappa shape index (κ3) is 3.88. The number of nitrogens with one attached hydrogen (secondary N) is 1. The number of para-hydroxylation sites is 1. The molecule has 24 heavy (non-hydrogen) atoms. The summed E-state index contributed by atoms with van der Waals surface area (Å²) >= 11 is 12.1. The first kappa shape index (κ1) is 16.4. The molecule has 0 aliphatic heterocycles. The zero-order valence-corrected chi connectivity index (χ0v) is 14.0. The van der Waals surface area contributed by atoms with Crippen molar-refractivity contribution in [3.05, 3.63) is 88.4 Å². The molecule has 0 saturated heterocycles. The summed E-state index contributed by atoms with van der Waals surface area (Å²) in [7, 11) is 0. The lowest BCUT2D eigenvalue weighted by Gasteiger charge is -2.10. The van der Waals surface area contributed by atoms with E-state index >= 15 is 0 Å². The summed E-state index contributed by atoms with van der Waals surface area (Å²) < 4.78 is 5.71. The van der Waals surface area contributed by atoms with Gasteiger partial charge in [-0.25, -0.2) is 0 Å². The second-order valence-electron chi connectivity index (χ2n) is 4.99. The molecule has 3 nitrogen and oxygen atoms in total. The molecule has 0 saturated carbocycles. The molecule has 0 radical (unpaired) electrons. The summed E-state index contributed by atoms with van der Waals surface area (Å²) in [6.45, 7) is 0. The van der Waals surface area contributed by atoms with Gasteiger partial charge in [-0.15, -0.1) is 0 Å². The van der Waals surface area contributed by atoms with Crippen molar-refractivity contribution in [1.82, 2.24) is 0 Å². The number of halogens is 2. The third-order valence-electron chi connectivity index (χ3n) is 3.28. The zero-order valence-electron chi connectivity index (χ0n) is 12.5. The maximum Gasteiger partial charge on any atom is 0.258 e. The SMILES string of the molecule is O=C(Nc1ccc(Oc2ccccc2)cc1)c1c(Cl)cccc1Cl. The molecule has 0 unspecified atom stereocenters. The predicted octanol–water partition coefficient (Wildman–Crippen LogP) is 6.04. The first-order valence-corrected chi connectivity index (χ1v) is 7.97. The van der Waals surface area contributed by atoms with Gasteiger partial charge in [-0.05, 0) is 48.5 Å². The number of ether oxygens (including phenoxy) is 1. The Morgan fingerprint density at radius 2 is 1.33 bits per heavy atom. The summed E-state index contributed by atoms with van der Waals surface area (Å²) in [5, 5.41) is 3.39. The van der Waals surface area contributed by atoms with Crippen LogP contribution in [0.3, 0.4) is 0 Å². The summed E-state index contributed by atoms with van der Waals surface area (Å²) in [6, 6.07) is 21.5. The van der Waals surface area contributed by atoms with E-state index in [0.717, 1.165) is 5.75 Å². The Morgan fingerprint density at radius 1 is 0.750 bits per heavy atom. The fourth-order valence-electron chi connectivity index (χ4n) is 2.14. The number of amides is 1. The van der Waals surface area contributed by atoms with E-state index in [0.29, 0.717) is 21.5 Å². The topological polar surface area (TPSA) is 38.3 Å². The lowest BCUT2D eigenvalue weighted by atomic mass is 10.2. The number of hydrogen-bond acceptors (Lipinski definition) is 2. The molecule has 120 valence electrons. The van der Waals surface area contributed by atoms with Crippen molar-refractivity contribution in [2.75, 3.05) is 5.32 Å². The van der Waals surface area contributed by atoms with Crippen molar-refractivity contribution in [2.24, 2.45) is 0 Å². The van der Waals surface area contributed by atoms with Crippen LogP contribution in [0.25, 0.3) is 0 Å². The number of benzene rings is 3. The van der Waals surface area contributed by atoms with Gasteiger partial charge in [0.1, 0.15) is 11.5 Å². The van der Waals surface area contributed by atoms with Crippen LogP contribution in [0.5, 0.6) is 11.5 Å². The van der Waals surface area contributed by atoms with Crippen LogP contribution in [0.15, 0.2) is 72.8 Å². The maximum absolute atomic E-state index is 12.3. The van der Waals surface area contributed by atoms with Gasteiger partial charge in [0.25, 0.3) is 5.91 Å². The minimum atomic E-state index is -0.359. The highest BCUT2D eigenvalue weighted by atomic mass is 35.5. The van der Waals surface area contributed by atoms with Gasteiger partial charge in [0, 0.05) is 5.69 Å². The Bertz CT molecular complexity index is 829. The third-order valence-corrected chi connectivity index (χ3v) is 3.91. The lowest BCUT2D eigenvalue weighted by molar-refractivity contribution is 0.102. The Balaban J connectivity index is 1.71. The van der Waals surface area contributed by atoms with Crippen LogP contribution in [0.2, 0.25) is 10.0 Å². The van der Waals surface area contributed by atoms with E-state index in [2.05, 4.69) is 5.32 Å². The molecule has 3 aromatic carbocycles. The minimum absolute atomic E-state index is 0.255. The van der Waals surface area contributed by atoms with Crippen molar-refractivity contribution >= 4 is 34.8 Å². The molecule has 0 aliphatic carbocycles. The van der Waals surface area contributed by atoms with E-state index in [4.69, 9.17) is 27.9 Å². The molecule has 3 aromatic rings. The first-order chi connectivity index (χ1) is 11.6. The van der Waals surface area contributed by atoms with Crippen LogP contribution < -0.4 is 10.1 Å². The monoisotopic (exact) mass is 357 g/mol.